The first-order valence-electron chi connectivity index (χ1n) is 5.51. The van der Waals surface area contributed by atoms with E-state index in [9.17, 15) is 0 Å². The first kappa shape index (κ1) is 8.55. The smallest absolute Gasteiger partial charge is 0.00954 e. The van der Waals surface area contributed by atoms with Crippen LogP contribution in [-0.4, -0.2) is 12.1 Å². The molecule has 2 fully saturated rings. The minimum Gasteiger partial charge on any atom is -0.311 e. The molecule has 0 saturated heterocycles. The zero-order valence-corrected chi connectivity index (χ0v) is 8.34. The molecular weight excluding hydrogens is 146 g/mol. The quantitative estimate of drug-likeness (QED) is 0.666. The second kappa shape index (κ2) is 3.37. The van der Waals surface area contributed by atoms with Crippen molar-refractivity contribution in [2.75, 3.05) is 0 Å². The van der Waals surface area contributed by atoms with Crippen LogP contribution in [0.5, 0.6) is 0 Å². The topological polar surface area (TPSA) is 12.0 Å². The molecule has 2 saturated carbocycles. The van der Waals surface area contributed by atoms with Gasteiger partial charge < -0.3 is 5.32 Å². The van der Waals surface area contributed by atoms with Gasteiger partial charge in [0.25, 0.3) is 0 Å². The average molecular weight is 167 g/mol. The molecule has 1 heteroatoms. The first-order valence-corrected chi connectivity index (χ1v) is 5.51. The summed E-state index contributed by atoms with van der Waals surface area (Å²) < 4.78 is 0. The summed E-state index contributed by atoms with van der Waals surface area (Å²) in [6.45, 7) is 4.81. The molecule has 12 heavy (non-hydrogen) atoms. The predicted molar refractivity (Wildman–Crippen MR) is 52.1 cm³/mol. The molecule has 0 spiro atoms. The SMILES string of the molecule is CC1CCC(NC2CC2)C(C)C1. The van der Waals surface area contributed by atoms with E-state index in [0.29, 0.717) is 0 Å². The van der Waals surface area contributed by atoms with Gasteiger partial charge in [0.1, 0.15) is 0 Å². The van der Waals surface area contributed by atoms with Gasteiger partial charge in [0.15, 0.2) is 0 Å². The van der Waals surface area contributed by atoms with Crippen molar-refractivity contribution >= 4 is 0 Å². The van der Waals surface area contributed by atoms with Crippen molar-refractivity contribution in [2.45, 2.75) is 58.0 Å². The third-order valence-corrected chi connectivity index (χ3v) is 3.46. The number of hydrogen-bond donors (Lipinski definition) is 1. The summed E-state index contributed by atoms with van der Waals surface area (Å²) in [5.74, 6) is 1.88. The van der Waals surface area contributed by atoms with Gasteiger partial charge in [0.05, 0.1) is 0 Å². The highest BCUT2D eigenvalue weighted by Crippen LogP contribution is 2.31. The largest absolute Gasteiger partial charge is 0.311 e. The summed E-state index contributed by atoms with van der Waals surface area (Å²) in [5, 5.41) is 3.76. The van der Waals surface area contributed by atoms with Crippen LogP contribution in [0.25, 0.3) is 0 Å². The van der Waals surface area contributed by atoms with Crippen molar-refractivity contribution in [3.05, 3.63) is 0 Å². The molecule has 2 rings (SSSR count). The molecule has 0 aromatic rings. The second-order valence-electron chi connectivity index (χ2n) is 4.94. The van der Waals surface area contributed by atoms with Crippen LogP contribution in [0.4, 0.5) is 0 Å². The Morgan fingerprint density at radius 2 is 1.75 bits per heavy atom. The molecule has 3 atom stereocenters. The predicted octanol–water partition coefficient (Wildman–Crippen LogP) is 2.56. The van der Waals surface area contributed by atoms with Gasteiger partial charge >= 0.3 is 0 Å². The molecule has 1 N–H and O–H groups in total. The Kier molecular flexibility index (Phi) is 2.40. The van der Waals surface area contributed by atoms with Crippen LogP contribution in [0.15, 0.2) is 0 Å². The van der Waals surface area contributed by atoms with Crippen molar-refractivity contribution in [2.24, 2.45) is 11.8 Å². The lowest BCUT2D eigenvalue weighted by Crippen LogP contribution is -2.40. The van der Waals surface area contributed by atoms with E-state index in [0.717, 1.165) is 23.9 Å². The fourth-order valence-electron chi connectivity index (χ4n) is 2.47. The summed E-state index contributed by atoms with van der Waals surface area (Å²) in [7, 11) is 0. The Morgan fingerprint density at radius 3 is 2.33 bits per heavy atom. The van der Waals surface area contributed by atoms with Gasteiger partial charge in [-0.25, -0.2) is 0 Å². The van der Waals surface area contributed by atoms with E-state index in [4.69, 9.17) is 0 Å². The van der Waals surface area contributed by atoms with Gasteiger partial charge in [0, 0.05) is 12.1 Å². The van der Waals surface area contributed by atoms with Crippen LogP contribution in [0, 0.1) is 11.8 Å². The number of nitrogens with one attached hydrogen (secondary N) is 1. The maximum atomic E-state index is 3.76. The molecule has 0 bridgehead atoms. The number of hydrogen-bond acceptors (Lipinski definition) is 1. The third kappa shape index (κ3) is 2.01. The molecule has 0 amide bonds. The Labute approximate surface area is 75.9 Å². The van der Waals surface area contributed by atoms with Crippen LogP contribution < -0.4 is 5.32 Å². The summed E-state index contributed by atoms with van der Waals surface area (Å²) in [6.07, 6.45) is 7.15. The minimum atomic E-state index is 0.841. The van der Waals surface area contributed by atoms with Crippen molar-refractivity contribution in [3.8, 4) is 0 Å². The zero-order chi connectivity index (χ0) is 8.55. The highest BCUT2D eigenvalue weighted by molar-refractivity contribution is 4.89. The van der Waals surface area contributed by atoms with E-state index in [1.165, 1.54) is 32.1 Å². The molecule has 2 aliphatic rings. The van der Waals surface area contributed by atoms with Gasteiger partial charge in [-0.05, 0) is 43.9 Å². The Balaban J connectivity index is 1.80. The Hall–Kier alpha value is -0.0400. The lowest BCUT2D eigenvalue weighted by Gasteiger charge is -2.33. The highest BCUT2D eigenvalue weighted by atomic mass is 15.0. The maximum absolute atomic E-state index is 3.76. The van der Waals surface area contributed by atoms with Crippen LogP contribution in [0.1, 0.15) is 46.0 Å². The normalized spacial score (nSPS) is 43.0. The summed E-state index contributed by atoms with van der Waals surface area (Å²) in [4.78, 5) is 0. The van der Waals surface area contributed by atoms with Crippen molar-refractivity contribution in [1.82, 2.24) is 5.32 Å². The summed E-state index contributed by atoms with van der Waals surface area (Å²) in [6, 6.07) is 1.74. The van der Waals surface area contributed by atoms with Crippen molar-refractivity contribution < 1.29 is 0 Å². The lowest BCUT2D eigenvalue weighted by molar-refractivity contribution is 0.227. The van der Waals surface area contributed by atoms with E-state index in [2.05, 4.69) is 19.2 Å². The van der Waals surface area contributed by atoms with E-state index in [1.54, 1.807) is 0 Å². The average Bonchev–Trinajstić information content (AvgIpc) is 2.79. The molecule has 0 aliphatic heterocycles. The fourth-order valence-corrected chi connectivity index (χ4v) is 2.47. The van der Waals surface area contributed by atoms with Crippen molar-refractivity contribution in [1.29, 1.82) is 0 Å². The number of rotatable bonds is 2. The van der Waals surface area contributed by atoms with E-state index >= 15 is 0 Å². The fraction of sp³-hybridized carbons (Fsp3) is 1.00. The van der Waals surface area contributed by atoms with Gasteiger partial charge in [0.2, 0.25) is 0 Å². The lowest BCUT2D eigenvalue weighted by atomic mass is 9.80. The van der Waals surface area contributed by atoms with Gasteiger partial charge in [-0.1, -0.05) is 13.8 Å². The second-order valence-corrected chi connectivity index (χ2v) is 4.94. The Bertz CT molecular complexity index is 151. The van der Waals surface area contributed by atoms with Crippen LogP contribution in [0.2, 0.25) is 0 Å². The molecule has 2 aliphatic carbocycles. The molecule has 0 heterocycles. The van der Waals surface area contributed by atoms with Gasteiger partial charge in [-0.3, -0.25) is 0 Å². The molecule has 3 unspecified atom stereocenters. The molecule has 0 aromatic heterocycles. The first-order chi connectivity index (χ1) is 5.75. The molecule has 1 nitrogen and oxygen atoms in total. The van der Waals surface area contributed by atoms with E-state index in [-0.39, 0.29) is 0 Å². The molecule has 0 aromatic carbocycles. The van der Waals surface area contributed by atoms with E-state index < -0.39 is 0 Å². The Morgan fingerprint density at radius 1 is 1.00 bits per heavy atom. The molecular formula is C11H21N. The van der Waals surface area contributed by atoms with Gasteiger partial charge in [-0.2, -0.15) is 0 Å². The third-order valence-electron chi connectivity index (χ3n) is 3.46. The monoisotopic (exact) mass is 167 g/mol. The van der Waals surface area contributed by atoms with Gasteiger partial charge in [-0.15, -0.1) is 0 Å². The standard InChI is InChI=1S/C11H21N/c1-8-3-6-11(9(2)7-8)12-10-4-5-10/h8-12H,3-7H2,1-2H3. The minimum absolute atomic E-state index is 0.841. The van der Waals surface area contributed by atoms with Crippen LogP contribution in [-0.2, 0) is 0 Å². The zero-order valence-electron chi connectivity index (χ0n) is 8.34. The summed E-state index contributed by atoms with van der Waals surface area (Å²) >= 11 is 0. The molecule has 0 radical (unpaired) electrons. The van der Waals surface area contributed by atoms with Crippen molar-refractivity contribution in [3.63, 3.8) is 0 Å². The van der Waals surface area contributed by atoms with Crippen LogP contribution >= 0.6 is 0 Å². The highest BCUT2D eigenvalue weighted by Gasteiger charge is 2.30. The van der Waals surface area contributed by atoms with E-state index in [1.807, 2.05) is 0 Å². The maximum Gasteiger partial charge on any atom is 0.00954 e. The summed E-state index contributed by atoms with van der Waals surface area (Å²) in [5.41, 5.74) is 0. The molecule has 70 valence electrons. The van der Waals surface area contributed by atoms with Crippen LogP contribution in [0.3, 0.4) is 0 Å².